The smallest absolute Gasteiger partial charge is 0.264 e. The van der Waals surface area contributed by atoms with Crippen molar-refractivity contribution in [3.05, 3.63) is 130 Å². The second-order valence-corrected chi connectivity index (χ2v) is 13.5. The number of hydrogen-bond acceptors (Lipinski definition) is 4. The van der Waals surface area contributed by atoms with Crippen LogP contribution in [0.1, 0.15) is 30.5 Å². The van der Waals surface area contributed by atoms with Crippen molar-refractivity contribution in [2.45, 2.75) is 50.7 Å². The number of aryl methyl sites for hydroxylation is 1. The minimum atomic E-state index is -4.22. The van der Waals surface area contributed by atoms with Crippen molar-refractivity contribution in [3.63, 3.8) is 0 Å². The highest BCUT2D eigenvalue weighted by Crippen LogP contribution is 2.28. The van der Waals surface area contributed by atoms with E-state index in [2.05, 4.69) is 5.32 Å². The molecule has 0 fully saturated rings. The molecule has 0 aliphatic carbocycles. The van der Waals surface area contributed by atoms with Crippen LogP contribution in [0.4, 0.5) is 5.69 Å². The van der Waals surface area contributed by atoms with E-state index < -0.39 is 28.5 Å². The second-order valence-electron chi connectivity index (χ2n) is 10.8. The van der Waals surface area contributed by atoms with Crippen molar-refractivity contribution < 1.29 is 18.0 Å². The Morgan fingerprint density at radius 1 is 0.795 bits per heavy atom. The average Bonchev–Trinajstić information content (AvgIpc) is 2.98. The number of hydrogen-bond donors (Lipinski definition) is 1. The van der Waals surface area contributed by atoms with Crippen molar-refractivity contribution in [2.75, 3.05) is 10.8 Å². The molecule has 10 heteroatoms. The van der Waals surface area contributed by atoms with Crippen LogP contribution in [-0.4, -0.2) is 43.8 Å². The van der Waals surface area contributed by atoms with Gasteiger partial charge < -0.3 is 10.2 Å². The van der Waals surface area contributed by atoms with Gasteiger partial charge in [-0.2, -0.15) is 0 Å². The van der Waals surface area contributed by atoms with Crippen LogP contribution < -0.4 is 9.62 Å². The number of carbonyl (C=O) groups excluding carboxylic acids is 2. The summed E-state index contributed by atoms with van der Waals surface area (Å²) in [6.07, 6.45) is 0.222. The van der Waals surface area contributed by atoms with Crippen molar-refractivity contribution in [1.29, 1.82) is 0 Å². The van der Waals surface area contributed by atoms with Gasteiger partial charge in [0.1, 0.15) is 12.6 Å². The van der Waals surface area contributed by atoms with Crippen LogP contribution in [0.5, 0.6) is 0 Å². The molecule has 4 aromatic rings. The lowest BCUT2D eigenvalue weighted by Gasteiger charge is -2.34. The first-order valence-electron chi connectivity index (χ1n) is 14.2. The number of halogens is 2. The van der Waals surface area contributed by atoms with Crippen LogP contribution in [0.25, 0.3) is 0 Å². The van der Waals surface area contributed by atoms with Crippen LogP contribution in [0.2, 0.25) is 10.0 Å². The second kappa shape index (κ2) is 14.8. The highest BCUT2D eigenvalue weighted by Gasteiger charge is 2.35. The molecule has 230 valence electrons. The minimum absolute atomic E-state index is 0.0160. The summed E-state index contributed by atoms with van der Waals surface area (Å²) < 4.78 is 29.3. The molecule has 0 aliphatic heterocycles. The van der Waals surface area contributed by atoms with Crippen molar-refractivity contribution in [2.24, 2.45) is 0 Å². The van der Waals surface area contributed by atoms with Gasteiger partial charge in [-0.25, -0.2) is 8.42 Å². The molecule has 0 unspecified atom stereocenters. The summed E-state index contributed by atoms with van der Waals surface area (Å²) in [5, 5.41) is 3.81. The van der Waals surface area contributed by atoms with E-state index in [1.165, 1.54) is 29.2 Å². The van der Waals surface area contributed by atoms with E-state index >= 15 is 0 Å². The molecule has 7 nitrogen and oxygen atoms in total. The number of rotatable bonds is 12. The standard InChI is InChI=1S/C34H35Cl2N3O4S/c1-24(2)37-34(41)32(21-26-11-5-4-6-12-26)38(22-27-13-9-14-29(36)20-27)33(40)23-39(31-15-8-7-10-25(31)3)44(42,43)30-18-16-28(35)17-19-30/h4-20,24,32H,21-23H2,1-3H3,(H,37,41)/t32-/m1/s1. The third-order valence-corrected chi connectivity index (χ3v) is 9.27. The van der Waals surface area contributed by atoms with Gasteiger partial charge in [0.15, 0.2) is 0 Å². The lowest BCUT2D eigenvalue weighted by Crippen LogP contribution is -2.54. The monoisotopic (exact) mass is 651 g/mol. The van der Waals surface area contributed by atoms with Gasteiger partial charge in [0.05, 0.1) is 10.6 Å². The first-order valence-corrected chi connectivity index (χ1v) is 16.4. The predicted molar refractivity (Wildman–Crippen MR) is 176 cm³/mol. The molecule has 0 heterocycles. The summed E-state index contributed by atoms with van der Waals surface area (Å²) in [5.41, 5.74) is 2.57. The fourth-order valence-corrected chi connectivity index (χ4v) is 6.67. The quantitative estimate of drug-likeness (QED) is 0.186. The molecule has 4 aromatic carbocycles. The summed E-state index contributed by atoms with van der Waals surface area (Å²) in [4.78, 5) is 29.6. The largest absolute Gasteiger partial charge is 0.352 e. The van der Waals surface area contributed by atoms with Gasteiger partial charge in [0, 0.05) is 29.1 Å². The summed E-state index contributed by atoms with van der Waals surface area (Å²) in [6, 6.07) is 28.1. The average molecular weight is 653 g/mol. The molecule has 44 heavy (non-hydrogen) atoms. The summed E-state index contributed by atoms with van der Waals surface area (Å²) in [7, 11) is -4.22. The van der Waals surface area contributed by atoms with Crippen LogP contribution >= 0.6 is 23.2 Å². The Bertz CT molecular complexity index is 1700. The van der Waals surface area contributed by atoms with Gasteiger partial charge in [-0.15, -0.1) is 0 Å². The van der Waals surface area contributed by atoms with E-state index in [-0.39, 0.29) is 29.8 Å². The summed E-state index contributed by atoms with van der Waals surface area (Å²) in [5.74, 6) is -0.896. The number of nitrogens with zero attached hydrogens (tertiary/aromatic N) is 2. The highest BCUT2D eigenvalue weighted by molar-refractivity contribution is 7.92. The molecule has 4 rings (SSSR count). The van der Waals surface area contributed by atoms with Gasteiger partial charge in [-0.1, -0.05) is 83.9 Å². The molecule has 0 bridgehead atoms. The fourth-order valence-electron chi connectivity index (χ4n) is 4.86. The third kappa shape index (κ3) is 8.40. The zero-order chi connectivity index (χ0) is 31.9. The molecule has 1 atom stereocenters. The molecule has 2 amide bonds. The Kier molecular flexibility index (Phi) is 11.1. The SMILES string of the molecule is Cc1ccccc1N(CC(=O)N(Cc1cccc(Cl)c1)[C@H](Cc1ccccc1)C(=O)NC(C)C)S(=O)(=O)c1ccc(Cl)cc1. The maximum atomic E-state index is 14.5. The molecule has 0 aromatic heterocycles. The molecule has 0 radical (unpaired) electrons. The van der Waals surface area contributed by atoms with E-state index in [9.17, 15) is 18.0 Å². The molecule has 0 spiro atoms. The Hall–Kier alpha value is -3.85. The minimum Gasteiger partial charge on any atom is -0.352 e. The lowest BCUT2D eigenvalue weighted by atomic mass is 10.0. The van der Waals surface area contributed by atoms with E-state index in [1.54, 1.807) is 49.4 Å². The molecular weight excluding hydrogens is 617 g/mol. The van der Waals surface area contributed by atoms with Gasteiger partial charge in [-0.05, 0) is 79.9 Å². The van der Waals surface area contributed by atoms with Gasteiger partial charge >= 0.3 is 0 Å². The first-order chi connectivity index (χ1) is 21.0. The Labute approximate surface area is 269 Å². The summed E-state index contributed by atoms with van der Waals surface area (Å²) >= 11 is 12.3. The maximum absolute atomic E-state index is 14.5. The number of sulfonamides is 1. The molecule has 0 saturated carbocycles. The topological polar surface area (TPSA) is 86.8 Å². The zero-order valence-electron chi connectivity index (χ0n) is 24.8. The highest BCUT2D eigenvalue weighted by atomic mass is 35.5. The van der Waals surface area contributed by atoms with Crippen molar-refractivity contribution in [3.8, 4) is 0 Å². The van der Waals surface area contributed by atoms with Crippen LogP contribution in [0, 0.1) is 6.92 Å². The predicted octanol–water partition coefficient (Wildman–Crippen LogP) is 6.66. The van der Waals surface area contributed by atoms with E-state index in [0.29, 0.717) is 26.9 Å². The summed E-state index contributed by atoms with van der Waals surface area (Å²) in [6.45, 7) is 4.96. The number of amides is 2. The first kappa shape index (κ1) is 33.1. The molecular formula is C34H35Cl2N3O4S. The van der Waals surface area contributed by atoms with Gasteiger partial charge in [0.2, 0.25) is 11.8 Å². The number of carbonyl (C=O) groups is 2. The maximum Gasteiger partial charge on any atom is 0.264 e. The van der Waals surface area contributed by atoms with Crippen molar-refractivity contribution in [1.82, 2.24) is 10.2 Å². The number of para-hydroxylation sites is 1. The number of nitrogens with one attached hydrogen (secondary N) is 1. The Morgan fingerprint density at radius 2 is 1.43 bits per heavy atom. The normalized spacial score (nSPS) is 12.0. The zero-order valence-corrected chi connectivity index (χ0v) is 27.1. The third-order valence-electron chi connectivity index (χ3n) is 7.01. The van der Waals surface area contributed by atoms with E-state index in [4.69, 9.17) is 23.2 Å². The molecule has 1 N–H and O–H groups in total. The van der Waals surface area contributed by atoms with Gasteiger partial charge in [0.25, 0.3) is 10.0 Å². The van der Waals surface area contributed by atoms with Crippen LogP contribution in [0.3, 0.4) is 0 Å². The Balaban J connectivity index is 1.82. The van der Waals surface area contributed by atoms with E-state index in [0.717, 1.165) is 9.87 Å². The lowest BCUT2D eigenvalue weighted by molar-refractivity contribution is -0.140. The van der Waals surface area contributed by atoms with Crippen LogP contribution in [-0.2, 0) is 32.6 Å². The molecule has 0 aliphatic rings. The van der Waals surface area contributed by atoms with Crippen molar-refractivity contribution >= 4 is 50.7 Å². The van der Waals surface area contributed by atoms with Gasteiger partial charge in [-0.3, -0.25) is 13.9 Å². The van der Waals surface area contributed by atoms with Crippen LogP contribution in [0.15, 0.2) is 108 Å². The van der Waals surface area contributed by atoms with E-state index in [1.807, 2.05) is 50.2 Å². The Morgan fingerprint density at radius 3 is 2.07 bits per heavy atom. The molecule has 0 saturated heterocycles. The number of anilines is 1. The number of benzene rings is 4. The fraction of sp³-hybridized carbons (Fsp3) is 0.235.